The van der Waals surface area contributed by atoms with Crippen LogP contribution in [0.3, 0.4) is 0 Å². The van der Waals surface area contributed by atoms with E-state index < -0.39 is 5.97 Å². The summed E-state index contributed by atoms with van der Waals surface area (Å²) < 4.78 is 12.4. The molecule has 2 bridgehead atoms. The lowest BCUT2D eigenvalue weighted by Crippen LogP contribution is -2.45. The Morgan fingerprint density at radius 2 is 1.75 bits per heavy atom. The van der Waals surface area contributed by atoms with E-state index in [0.29, 0.717) is 45.9 Å². The Kier molecular flexibility index (Phi) is 6.82. The van der Waals surface area contributed by atoms with E-state index in [-0.39, 0.29) is 11.7 Å². The molecular weight excluding hydrogens is 569 g/mol. The van der Waals surface area contributed by atoms with Gasteiger partial charge in [-0.05, 0) is 62.8 Å². The minimum absolute atomic E-state index is 0.133. The molecule has 0 amide bonds. The monoisotopic (exact) mass is 595 g/mol. The summed E-state index contributed by atoms with van der Waals surface area (Å²) in [6.07, 6.45) is 6.44. The highest BCUT2D eigenvalue weighted by Crippen LogP contribution is 2.47. The lowest BCUT2D eigenvalue weighted by molar-refractivity contribution is 0.0147. The predicted molar refractivity (Wildman–Crippen MR) is 156 cm³/mol. The Morgan fingerprint density at radius 1 is 1.05 bits per heavy atom. The first kappa shape index (κ1) is 26.0. The topological polar surface area (TPSA) is 88.7 Å². The number of carboxylic acids is 1. The zero-order valence-electron chi connectivity index (χ0n) is 21.6. The van der Waals surface area contributed by atoms with Crippen molar-refractivity contribution in [1.29, 1.82) is 0 Å². The van der Waals surface area contributed by atoms with Crippen molar-refractivity contribution in [3.63, 3.8) is 0 Å². The van der Waals surface area contributed by atoms with Crippen molar-refractivity contribution < 1.29 is 19.2 Å². The molecule has 0 spiro atoms. The molecule has 7 rings (SSSR count). The summed E-state index contributed by atoms with van der Waals surface area (Å²) >= 11 is 14.7. The number of nitrogens with zero attached hydrogens (tertiary/aromatic N) is 3. The number of benzene rings is 2. The van der Waals surface area contributed by atoms with Crippen LogP contribution in [-0.4, -0.2) is 39.4 Å². The number of hydrogen-bond donors (Lipinski definition) is 1. The molecule has 1 N–H and O–H groups in total. The number of carboxylic acid groups (broad SMARTS) is 1. The van der Waals surface area contributed by atoms with E-state index in [9.17, 15) is 9.90 Å². The predicted octanol–water partition coefficient (Wildman–Crippen LogP) is 8.06. The summed E-state index contributed by atoms with van der Waals surface area (Å²) in [7, 11) is 0. The molecule has 3 aliphatic rings. The van der Waals surface area contributed by atoms with Gasteiger partial charge in [0.2, 0.25) is 0 Å². The molecule has 4 aromatic rings. The number of piperidine rings is 1. The first-order valence-electron chi connectivity index (χ1n) is 13.6. The molecule has 3 fully saturated rings. The second-order valence-corrected chi connectivity index (χ2v) is 12.5. The molecule has 2 aliphatic heterocycles. The third kappa shape index (κ3) is 4.81. The van der Waals surface area contributed by atoms with Crippen molar-refractivity contribution in [3.05, 3.63) is 74.8 Å². The number of aromatic nitrogens is 2. The van der Waals surface area contributed by atoms with Crippen LogP contribution >= 0.6 is 34.5 Å². The molecule has 2 aromatic heterocycles. The zero-order chi connectivity index (χ0) is 27.4. The maximum atomic E-state index is 11.2. The number of carbonyl (C=O) groups is 1. The maximum absolute atomic E-state index is 11.2. The average molecular weight is 597 g/mol. The van der Waals surface area contributed by atoms with Crippen LogP contribution in [0.5, 0.6) is 0 Å². The Morgan fingerprint density at radius 3 is 2.40 bits per heavy atom. The number of fused-ring (bicyclic) bond motifs is 2. The summed E-state index contributed by atoms with van der Waals surface area (Å²) in [5.41, 5.74) is 4.42. The fourth-order valence-corrected chi connectivity index (χ4v) is 7.68. The maximum Gasteiger partial charge on any atom is 0.335 e. The van der Waals surface area contributed by atoms with Crippen LogP contribution in [-0.2, 0) is 11.3 Å². The lowest BCUT2D eigenvalue weighted by Gasteiger charge is -2.38. The van der Waals surface area contributed by atoms with E-state index in [2.05, 4.69) is 15.4 Å². The van der Waals surface area contributed by atoms with Crippen LogP contribution in [0.2, 0.25) is 10.0 Å². The fourth-order valence-electron chi connectivity index (χ4n) is 6.12. The molecule has 10 heteroatoms. The van der Waals surface area contributed by atoms with E-state index in [0.717, 1.165) is 66.2 Å². The number of anilines is 1. The molecular formula is C30H27Cl2N3O4S. The Labute approximate surface area is 245 Å². The quantitative estimate of drug-likeness (QED) is 0.220. The second-order valence-electron chi connectivity index (χ2n) is 10.8. The van der Waals surface area contributed by atoms with Gasteiger partial charge in [-0.15, -0.1) is 11.3 Å². The van der Waals surface area contributed by atoms with Gasteiger partial charge in [-0.2, -0.15) is 0 Å². The molecule has 1 aliphatic carbocycles. The molecule has 1 saturated carbocycles. The van der Waals surface area contributed by atoms with Gasteiger partial charge >= 0.3 is 5.97 Å². The summed E-state index contributed by atoms with van der Waals surface area (Å²) in [6, 6.07) is 13.1. The molecule has 2 aromatic carbocycles. The Bertz CT molecular complexity index is 1530. The number of ether oxygens (including phenoxy) is 1. The van der Waals surface area contributed by atoms with Crippen molar-refractivity contribution in [1.82, 2.24) is 10.1 Å². The smallest absolute Gasteiger partial charge is 0.335 e. The number of rotatable bonds is 8. The Balaban J connectivity index is 1.06. The molecule has 2 atom stereocenters. The molecule has 7 nitrogen and oxygen atoms in total. The third-order valence-electron chi connectivity index (χ3n) is 8.26. The van der Waals surface area contributed by atoms with Gasteiger partial charge in [-0.25, -0.2) is 9.78 Å². The van der Waals surface area contributed by atoms with Gasteiger partial charge in [-0.3, -0.25) is 0 Å². The number of thiazole rings is 1. The van der Waals surface area contributed by atoms with Gasteiger partial charge < -0.3 is 19.3 Å². The van der Waals surface area contributed by atoms with Crippen molar-refractivity contribution in [3.8, 4) is 22.5 Å². The van der Waals surface area contributed by atoms with Crippen LogP contribution < -0.4 is 4.90 Å². The highest BCUT2D eigenvalue weighted by molar-refractivity contribution is 7.14. The van der Waals surface area contributed by atoms with E-state index in [4.69, 9.17) is 37.4 Å². The van der Waals surface area contributed by atoms with E-state index in [1.54, 1.807) is 23.5 Å². The molecule has 40 heavy (non-hydrogen) atoms. The van der Waals surface area contributed by atoms with E-state index >= 15 is 0 Å². The highest BCUT2D eigenvalue weighted by atomic mass is 35.5. The van der Waals surface area contributed by atoms with E-state index in [1.807, 2.05) is 30.3 Å². The van der Waals surface area contributed by atoms with Crippen LogP contribution in [0.1, 0.15) is 66.1 Å². The summed E-state index contributed by atoms with van der Waals surface area (Å²) in [5, 5.41) is 17.8. The van der Waals surface area contributed by atoms with Crippen molar-refractivity contribution >= 4 is 45.6 Å². The van der Waals surface area contributed by atoms with Crippen LogP contribution in [0.15, 0.2) is 52.4 Å². The number of hydrogen-bond acceptors (Lipinski definition) is 7. The first-order valence-corrected chi connectivity index (χ1v) is 15.2. The Hall–Kier alpha value is -2.91. The molecule has 2 saturated heterocycles. The highest BCUT2D eigenvalue weighted by Gasteiger charge is 2.43. The minimum atomic E-state index is -0.927. The summed E-state index contributed by atoms with van der Waals surface area (Å²) in [4.78, 5) is 18.6. The zero-order valence-corrected chi connectivity index (χ0v) is 23.9. The van der Waals surface area contributed by atoms with Crippen LogP contribution in [0.25, 0.3) is 22.5 Å². The van der Waals surface area contributed by atoms with Crippen molar-refractivity contribution in [2.24, 2.45) is 0 Å². The first-order chi connectivity index (χ1) is 19.5. The normalized spacial score (nSPS) is 22.1. The fraction of sp³-hybridized carbons (Fsp3) is 0.367. The second kappa shape index (κ2) is 10.5. The molecule has 4 heterocycles. The van der Waals surface area contributed by atoms with E-state index in [1.165, 1.54) is 0 Å². The van der Waals surface area contributed by atoms with Crippen LogP contribution in [0, 0.1) is 0 Å². The van der Waals surface area contributed by atoms with Crippen molar-refractivity contribution in [2.45, 2.75) is 69.2 Å². The molecule has 0 radical (unpaired) electrons. The average Bonchev–Trinajstić information content (AvgIpc) is 3.42. The van der Waals surface area contributed by atoms with Gasteiger partial charge in [0, 0.05) is 40.1 Å². The van der Waals surface area contributed by atoms with Gasteiger partial charge in [0.1, 0.15) is 11.5 Å². The minimum Gasteiger partial charge on any atom is -0.478 e. The van der Waals surface area contributed by atoms with Crippen LogP contribution in [0.4, 0.5) is 5.13 Å². The van der Waals surface area contributed by atoms with Gasteiger partial charge in [0.05, 0.1) is 34.0 Å². The SMILES string of the molecule is O=C(O)c1ccc(-c2csc(N3C4CCC3CC(OCc3c(-c5c(Cl)cccc5Cl)noc3C3CC3)C4)n2)cc1. The molecule has 206 valence electrons. The van der Waals surface area contributed by atoms with Gasteiger partial charge in [0.15, 0.2) is 5.13 Å². The largest absolute Gasteiger partial charge is 0.478 e. The van der Waals surface area contributed by atoms with Gasteiger partial charge in [0.25, 0.3) is 0 Å². The number of aromatic carboxylic acids is 1. The number of halogens is 2. The van der Waals surface area contributed by atoms with Crippen molar-refractivity contribution in [2.75, 3.05) is 4.90 Å². The third-order valence-corrected chi connectivity index (χ3v) is 9.74. The standard InChI is InChI=1S/C30H27Cl2N3O4S/c31-23-2-1-3-24(32)26(23)27-22(28(39-34-27)17-6-7-17)14-38-21-12-19-10-11-20(13-21)35(19)30-33-25(15-40-30)16-4-8-18(9-5-16)29(36)37/h1-5,8-9,15,17,19-21H,6-7,10-14H2,(H,36,37). The summed E-state index contributed by atoms with van der Waals surface area (Å²) in [5.74, 6) is 0.362. The molecule has 2 unspecified atom stereocenters. The van der Waals surface area contributed by atoms with Gasteiger partial charge in [-0.1, -0.05) is 46.6 Å². The lowest BCUT2D eigenvalue weighted by atomic mass is 10.00. The summed E-state index contributed by atoms with van der Waals surface area (Å²) in [6.45, 7) is 0.421.